The molecule has 3 N–H and O–H groups in total. The van der Waals surface area contributed by atoms with Crippen LogP contribution in [0.15, 0.2) is 46.9 Å². The summed E-state index contributed by atoms with van der Waals surface area (Å²) in [6.07, 6.45) is 5.18. The molecule has 172 valence electrons. The van der Waals surface area contributed by atoms with Crippen LogP contribution in [0.3, 0.4) is 0 Å². The first-order chi connectivity index (χ1) is 15.5. The number of benzene rings is 2. The van der Waals surface area contributed by atoms with Crippen molar-refractivity contribution in [3.05, 3.63) is 58.1 Å². The van der Waals surface area contributed by atoms with Crippen molar-refractivity contribution in [3.8, 4) is 5.75 Å². The summed E-state index contributed by atoms with van der Waals surface area (Å²) in [5.41, 5.74) is 1.36. The highest BCUT2D eigenvalue weighted by atomic mass is 79.9. The fraction of sp³-hybridized carbons (Fsp3) is 0.375. The van der Waals surface area contributed by atoms with E-state index < -0.39 is 0 Å². The minimum absolute atomic E-state index is 0.0969. The van der Waals surface area contributed by atoms with Crippen molar-refractivity contribution in [1.29, 1.82) is 0 Å². The third-order valence-corrected chi connectivity index (χ3v) is 5.32. The number of nitrogens with one attached hydrogen (secondary N) is 3. The van der Waals surface area contributed by atoms with Crippen molar-refractivity contribution in [2.24, 2.45) is 0 Å². The SMILES string of the molecule is CCCCCCOc1ccc(Br)cc1C(=O)NC(=S)Nc1ccccc1C(=O)NCCC. The normalized spacial score (nSPS) is 10.3. The van der Waals surface area contributed by atoms with E-state index in [1.807, 2.05) is 13.0 Å². The van der Waals surface area contributed by atoms with E-state index in [2.05, 4.69) is 38.8 Å². The van der Waals surface area contributed by atoms with E-state index in [0.717, 1.165) is 36.6 Å². The summed E-state index contributed by atoms with van der Waals surface area (Å²) in [7, 11) is 0. The first-order valence-electron chi connectivity index (χ1n) is 10.9. The number of thiocarbonyl (C=S) groups is 1. The number of halogens is 1. The Hall–Kier alpha value is -2.45. The van der Waals surface area contributed by atoms with Gasteiger partial charge in [-0.25, -0.2) is 0 Å². The molecular weight excluding hydrogens is 490 g/mol. The van der Waals surface area contributed by atoms with Gasteiger partial charge in [0, 0.05) is 11.0 Å². The quantitative estimate of drug-likeness (QED) is 0.263. The highest BCUT2D eigenvalue weighted by Crippen LogP contribution is 2.24. The maximum Gasteiger partial charge on any atom is 0.261 e. The van der Waals surface area contributed by atoms with Crippen molar-refractivity contribution in [1.82, 2.24) is 10.6 Å². The Balaban J connectivity index is 2.05. The maximum atomic E-state index is 12.9. The second-order valence-electron chi connectivity index (χ2n) is 7.26. The van der Waals surface area contributed by atoms with Crippen LogP contribution in [0.1, 0.15) is 66.7 Å². The van der Waals surface area contributed by atoms with Crippen molar-refractivity contribution in [2.45, 2.75) is 46.0 Å². The van der Waals surface area contributed by atoms with Gasteiger partial charge in [-0.15, -0.1) is 0 Å². The molecule has 0 saturated carbocycles. The number of anilines is 1. The summed E-state index contributed by atoms with van der Waals surface area (Å²) in [5.74, 6) is -0.0839. The first kappa shape index (κ1) is 25.8. The van der Waals surface area contributed by atoms with E-state index in [4.69, 9.17) is 17.0 Å². The third kappa shape index (κ3) is 8.24. The van der Waals surface area contributed by atoms with E-state index in [9.17, 15) is 9.59 Å². The van der Waals surface area contributed by atoms with E-state index in [0.29, 0.717) is 35.7 Å². The van der Waals surface area contributed by atoms with Gasteiger partial charge in [-0.1, -0.05) is 61.2 Å². The minimum Gasteiger partial charge on any atom is -0.493 e. The Bertz CT molecular complexity index is 936. The van der Waals surface area contributed by atoms with Crippen molar-refractivity contribution in [3.63, 3.8) is 0 Å². The van der Waals surface area contributed by atoms with Gasteiger partial charge in [-0.05, 0) is 55.4 Å². The molecule has 8 heteroatoms. The number of ether oxygens (including phenoxy) is 1. The lowest BCUT2D eigenvalue weighted by atomic mass is 10.1. The van der Waals surface area contributed by atoms with Crippen molar-refractivity contribution in [2.75, 3.05) is 18.5 Å². The van der Waals surface area contributed by atoms with Gasteiger partial charge in [-0.2, -0.15) is 0 Å². The lowest BCUT2D eigenvalue weighted by Crippen LogP contribution is -2.35. The van der Waals surface area contributed by atoms with Gasteiger partial charge in [0.1, 0.15) is 5.75 Å². The third-order valence-electron chi connectivity index (χ3n) is 4.62. The largest absolute Gasteiger partial charge is 0.493 e. The number of carbonyl (C=O) groups excluding carboxylic acids is 2. The molecule has 2 rings (SSSR count). The molecule has 0 heterocycles. The van der Waals surface area contributed by atoms with E-state index in [1.54, 1.807) is 36.4 Å². The molecule has 0 aliphatic heterocycles. The molecule has 6 nitrogen and oxygen atoms in total. The summed E-state index contributed by atoms with van der Waals surface area (Å²) in [5, 5.41) is 8.58. The van der Waals surface area contributed by atoms with Crippen LogP contribution in [0.4, 0.5) is 5.69 Å². The molecule has 0 fully saturated rings. The summed E-state index contributed by atoms with van der Waals surface area (Å²) in [4.78, 5) is 25.3. The second kappa shape index (κ2) is 13.9. The molecule has 0 radical (unpaired) electrons. The van der Waals surface area contributed by atoms with Gasteiger partial charge in [-0.3, -0.25) is 14.9 Å². The molecule has 2 amide bonds. The molecule has 2 aromatic carbocycles. The Labute approximate surface area is 203 Å². The second-order valence-corrected chi connectivity index (χ2v) is 8.58. The van der Waals surface area contributed by atoms with Crippen LogP contribution in [-0.4, -0.2) is 30.1 Å². The van der Waals surface area contributed by atoms with Crippen LogP contribution < -0.4 is 20.7 Å². The lowest BCUT2D eigenvalue weighted by Gasteiger charge is -2.15. The average Bonchev–Trinajstić information content (AvgIpc) is 2.78. The summed E-state index contributed by atoms with van der Waals surface area (Å²) in [6, 6.07) is 12.3. The molecule has 0 atom stereocenters. The van der Waals surface area contributed by atoms with Gasteiger partial charge >= 0.3 is 0 Å². The number of rotatable bonds is 11. The predicted molar refractivity (Wildman–Crippen MR) is 137 cm³/mol. The van der Waals surface area contributed by atoms with Crippen LogP contribution in [0.2, 0.25) is 0 Å². The molecule has 0 bridgehead atoms. The van der Waals surface area contributed by atoms with Gasteiger partial charge in [0.05, 0.1) is 23.4 Å². The predicted octanol–water partition coefficient (Wildman–Crippen LogP) is 5.67. The zero-order valence-corrected chi connectivity index (χ0v) is 20.9. The number of carbonyl (C=O) groups is 2. The fourth-order valence-corrected chi connectivity index (χ4v) is 3.53. The number of hydrogen-bond acceptors (Lipinski definition) is 4. The molecule has 0 aliphatic carbocycles. The molecule has 0 unspecified atom stereocenters. The van der Waals surface area contributed by atoms with Crippen LogP contribution in [0.25, 0.3) is 0 Å². The molecule has 0 aliphatic rings. The number of unbranched alkanes of at least 4 members (excludes halogenated alkanes) is 3. The molecular formula is C24H30BrN3O3S. The standard InChI is InChI=1S/C24H30BrN3O3S/c1-3-5-6-9-15-31-21-13-12-17(25)16-19(21)23(30)28-24(32)27-20-11-8-7-10-18(20)22(29)26-14-4-2/h7-8,10-13,16H,3-6,9,14-15H2,1-2H3,(H,26,29)(H2,27,28,30,32). The van der Waals surface area contributed by atoms with Gasteiger partial charge in [0.25, 0.3) is 11.8 Å². The maximum absolute atomic E-state index is 12.9. The zero-order chi connectivity index (χ0) is 23.3. The fourth-order valence-electron chi connectivity index (χ4n) is 2.96. The molecule has 0 spiro atoms. The van der Waals surface area contributed by atoms with Crippen LogP contribution in [0, 0.1) is 0 Å². The number of amides is 2. The Morgan fingerprint density at radius 3 is 2.50 bits per heavy atom. The summed E-state index contributed by atoms with van der Waals surface area (Å²) in [6.45, 7) is 5.27. The minimum atomic E-state index is -0.389. The van der Waals surface area contributed by atoms with Gasteiger partial charge in [0.2, 0.25) is 0 Å². The number of hydrogen-bond donors (Lipinski definition) is 3. The Morgan fingerprint density at radius 1 is 0.969 bits per heavy atom. The smallest absolute Gasteiger partial charge is 0.261 e. The lowest BCUT2D eigenvalue weighted by molar-refractivity contribution is 0.0952. The summed E-state index contributed by atoms with van der Waals surface area (Å²) < 4.78 is 6.61. The highest BCUT2D eigenvalue weighted by molar-refractivity contribution is 9.10. The Kier molecular flexibility index (Phi) is 11.2. The Morgan fingerprint density at radius 2 is 1.75 bits per heavy atom. The van der Waals surface area contributed by atoms with Crippen LogP contribution in [0.5, 0.6) is 5.75 Å². The van der Waals surface area contributed by atoms with Crippen LogP contribution in [-0.2, 0) is 0 Å². The first-order valence-corrected chi connectivity index (χ1v) is 12.1. The monoisotopic (exact) mass is 519 g/mol. The van der Waals surface area contributed by atoms with Crippen LogP contribution >= 0.6 is 28.1 Å². The average molecular weight is 520 g/mol. The van der Waals surface area contributed by atoms with Crippen molar-refractivity contribution >= 4 is 50.8 Å². The van der Waals surface area contributed by atoms with E-state index in [-0.39, 0.29) is 16.9 Å². The van der Waals surface area contributed by atoms with E-state index in [1.165, 1.54) is 0 Å². The zero-order valence-electron chi connectivity index (χ0n) is 18.5. The topological polar surface area (TPSA) is 79.5 Å². The van der Waals surface area contributed by atoms with Gasteiger partial charge < -0.3 is 15.4 Å². The summed E-state index contributed by atoms with van der Waals surface area (Å²) >= 11 is 8.73. The molecule has 2 aromatic rings. The number of para-hydroxylation sites is 1. The molecule has 0 saturated heterocycles. The highest BCUT2D eigenvalue weighted by Gasteiger charge is 2.16. The van der Waals surface area contributed by atoms with Gasteiger partial charge in [0.15, 0.2) is 5.11 Å². The molecule has 32 heavy (non-hydrogen) atoms. The molecule has 0 aromatic heterocycles. The van der Waals surface area contributed by atoms with E-state index >= 15 is 0 Å². The van der Waals surface area contributed by atoms with Crippen molar-refractivity contribution < 1.29 is 14.3 Å².